The molecule has 1 aliphatic rings. The fourth-order valence-electron chi connectivity index (χ4n) is 2.35. The standard InChI is InChI=1S/C10H22N2/c1-3-8(2)9-6-4-5-7-10(9)12-11/h8-10,12H,3-7,11H2,1-2H3/t8-,9+,10+/m0/s1. The molecule has 0 radical (unpaired) electrons. The van der Waals surface area contributed by atoms with Gasteiger partial charge in [-0.2, -0.15) is 0 Å². The van der Waals surface area contributed by atoms with Crippen molar-refractivity contribution in [2.24, 2.45) is 17.7 Å². The van der Waals surface area contributed by atoms with Gasteiger partial charge >= 0.3 is 0 Å². The summed E-state index contributed by atoms with van der Waals surface area (Å²) < 4.78 is 0. The van der Waals surface area contributed by atoms with E-state index in [0.717, 1.165) is 11.8 Å². The maximum atomic E-state index is 5.54. The molecule has 0 aromatic heterocycles. The summed E-state index contributed by atoms with van der Waals surface area (Å²) in [5, 5.41) is 0. The Morgan fingerprint density at radius 3 is 2.67 bits per heavy atom. The van der Waals surface area contributed by atoms with Gasteiger partial charge in [0.05, 0.1) is 0 Å². The molecular formula is C10H22N2. The molecule has 1 saturated carbocycles. The highest BCUT2D eigenvalue weighted by molar-refractivity contribution is 4.82. The molecule has 3 N–H and O–H groups in total. The summed E-state index contributed by atoms with van der Waals surface area (Å²) in [7, 11) is 0. The summed E-state index contributed by atoms with van der Waals surface area (Å²) in [4.78, 5) is 0. The number of nitrogens with two attached hydrogens (primary N) is 1. The van der Waals surface area contributed by atoms with E-state index < -0.39 is 0 Å². The summed E-state index contributed by atoms with van der Waals surface area (Å²) in [6.07, 6.45) is 6.66. The van der Waals surface area contributed by atoms with Crippen molar-refractivity contribution < 1.29 is 0 Å². The first kappa shape index (κ1) is 10.0. The van der Waals surface area contributed by atoms with Gasteiger partial charge in [0.2, 0.25) is 0 Å². The lowest BCUT2D eigenvalue weighted by atomic mass is 9.76. The third kappa shape index (κ3) is 2.20. The Hall–Kier alpha value is -0.0800. The molecule has 0 aliphatic heterocycles. The van der Waals surface area contributed by atoms with Crippen molar-refractivity contribution >= 4 is 0 Å². The van der Waals surface area contributed by atoms with Crippen molar-refractivity contribution in [2.75, 3.05) is 0 Å². The van der Waals surface area contributed by atoms with Gasteiger partial charge in [-0.15, -0.1) is 0 Å². The monoisotopic (exact) mass is 170 g/mol. The molecule has 1 rings (SSSR count). The zero-order chi connectivity index (χ0) is 8.97. The number of nitrogens with one attached hydrogen (secondary N) is 1. The quantitative estimate of drug-likeness (QED) is 0.502. The van der Waals surface area contributed by atoms with Crippen molar-refractivity contribution in [3.05, 3.63) is 0 Å². The Labute approximate surface area is 75.9 Å². The van der Waals surface area contributed by atoms with Crippen molar-refractivity contribution in [1.29, 1.82) is 0 Å². The first-order chi connectivity index (χ1) is 5.79. The zero-order valence-electron chi connectivity index (χ0n) is 8.34. The molecule has 2 heteroatoms. The van der Waals surface area contributed by atoms with Crippen LogP contribution in [0.3, 0.4) is 0 Å². The van der Waals surface area contributed by atoms with E-state index in [1.54, 1.807) is 0 Å². The minimum Gasteiger partial charge on any atom is -0.271 e. The fourth-order valence-corrected chi connectivity index (χ4v) is 2.35. The Kier molecular flexibility index (Phi) is 4.02. The van der Waals surface area contributed by atoms with Gasteiger partial charge in [-0.3, -0.25) is 11.3 Å². The molecule has 0 spiro atoms. The van der Waals surface area contributed by atoms with Crippen LogP contribution in [0.25, 0.3) is 0 Å². The predicted octanol–water partition coefficient (Wildman–Crippen LogP) is 2.05. The van der Waals surface area contributed by atoms with Crippen molar-refractivity contribution in [2.45, 2.75) is 52.0 Å². The Balaban J connectivity index is 2.46. The molecule has 0 unspecified atom stereocenters. The highest BCUT2D eigenvalue weighted by Gasteiger charge is 2.27. The molecule has 0 aromatic carbocycles. The lowest BCUT2D eigenvalue weighted by Crippen LogP contribution is -2.44. The van der Waals surface area contributed by atoms with Crippen LogP contribution in [0.4, 0.5) is 0 Å². The summed E-state index contributed by atoms with van der Waals surface area (Å²) >= 11 is 0. The van der Waals surface area contributed by atoms with E-state index in [0.29, 0.717) is 6.04 Å². The topological polar surface area (TPSA) is 38.0 Å². The second-order valence-corrected chi connectivity index (χ2v) is 4.11. The van der Waals surface area contributed by atoms with Crippen LogP contribution >= 0.6 is 0 Å². The van der Waals surface area contributed by atoms with Crippen LogP contribution in [0.5, 0.6) is 0 Å². The van der Waals surface area contributed by atoms with Crippen LogP contribution in [0.2, 0.25) is 0 Å². The molecule has 0 bridgehead atoms. The summed E-state index contributed by atoms with van der Waals surface area (Å²) in [6.45, 7) is 4.62. The normalized spacial score (nSPS) is 33.2. The number of hydrogen-bond acceptors (Lipinski definition) is 2. The molecule has 3 atom stereocenters. The third-order valence-electron chi connectivity index (χ3n) is 3.41. The molecule has 1 aliphatic carbocycles. The first-order valence-electron chi connectivity index (χ1n) is 5.25. The second-order valence-electron chi connectivity index (χ2n) is 4.11. The number of hydrogen-bond donors (Lipinski definition) is 2. The molecule has 12 heavy (non-hydrogen) atoms. The fraction of sp³-hybridized carbons (Fsp3) is 1.00. The summed E-state index contributed by atoms with van der Waals surface area (Å²) in [5.41, 5.74) is 2.97. The van der Waals surface area contributed by atoms with E-state index in [1.165, 1.54) is 32.1 Å². The zero-order valence-corrected chi connectivity index (χ0v) is 8.34. The van der Waals surface area contributed by atoms with E-state index in [9.17, 15) is 0 Å². The van der Waals surface area contributed by atoms with E-state index in [4.69, 9.17) is 5.84 Å². The SMILES string of the molecule is CC[C@H](C)[C@H]1CCCC[C@H]1NN. The molecule has 2 nitrogen and oxygen atoms in total. The summed E-state index contributed by atoms with van der Waals surface area (Å²) in [5.74, 6) is 7.18. The highest BCUT2D eigenvalue weighted by atomic mass is 15.2. The van der Waals surface area contributed by atoms with Crippen LogP contribution in [-0.4, -0.2) is 6.04 Å². The van der Waals surface area contributed by atoms with E-state index >= 15 is 0 Å². The number of rotatable bonds is 3. The molecule has 1 fully saturated rings. The molecule has 0 amide bonds. The molecule has 0 aromatic rings. The summed E-state index contributed by atoms with van der Waals surface area (Å²) in [6, 6.07) is 0.577. The average molecular weight is 170 g/mol. The van der Waals surface area contributed by atoms with Gasteiger partial charge in [-0.05, 0) is 24.7 Å². The van der Waals surface area contributed by atoms with Gasteiger partial charge in [-0.1, -0.05) is 33.1 Å². The maximum absolute atomic E-state index is 5.54. The van der Waals surface area contributed by atoms with Gasteiger partial charge in [0.25, 0.3) is 0 Å². The largest absolute Gasteiger partial charge is 0.271 e. The maximum Gasteiger partial charge on any atom is 0.0241 e. The van der Waals surface area contributed by atoms with Crippen LogP contribution in [0, 0.1) is 11.8 Å². The molecule has 0 heterocycles. The van der Waals surface area contributed by atoms with Crippen molar-refractivity contribution in [3.63, 3.8) is 0 Å². The van der Waals surface area contributed by atoms with Gasteiger partial charge in [0.15, 0.2) is 0 Å². The minimum absolute atomic E-state index is 0.577. The van der Waals surface area contributed by atoms with Crippen molar-refractivity contribution in [1.82, 2.24) is 5.43 Å². The molecule has 72 valence electrons. The highest BCUT2D eigenvalue weighted by Crippen LogP contribution is 2.31. The van der Waals surface area contributed by atoms with Crippen LogP contribution in [0.15, 0.2) is 0 Å². The Morgan fingerprint density at radius 1 is 1.42 bits per heavy atom. The smallest absolute Gasteiger partial charge is 0.0241 e. The Morgan fingerprint density at radius 2 is 2.08 bits per heavy atom. The van der Waals surface area contributed by atoms with Crippen LogP contribution in [0.1, 0.15) is 46.0 Å². The first-order valence-corrected chi connectivity index (χ1v) is 5.25. The van der Waals surface area contributed by atoms with Crippen molar-refractivity contribution in [3.8, 4) is 0 Å². The van der Waals surface area contributed by atoms with Gasteiger partial charge in [0, 0.05) is 6.04 Å². The number of hydrazine groups is 1. The predicted molar refractivity (Wildman–Crippen MR) is 52.5 cm³/mol. The van der Waals surface area contributed by atoms with Crippen LogP contribution < -0.4 is 11.3 Å². The minimum atomic E-state index is 0.577. The van der Waals surface area contributed by atoms with Crippen LogP contribution in [-0.2, 0) is 0 Å². The van der Waals surface area contributed by atoms with E-state index in [2.05, 4.69) is 19.3 Å². The van der Waals surface area contributed by atoms with E-state index in [-0.39, 0.29) is 0 Å². The average Bonchev–Trinajstić information content (AvgIpc) is 2.16. The molecule has 0 saturated heterocycles. The van der Waals surface area contributed by atoms with Gasteiger partial charge in [0.1, 0.15) is 0 Å². The van der Waals surface area contributed by atoms with Gasteiger partial charge < -0.3 is 0 Å². The third-order valence-corrected chi connectivity index (χ3v) is 3.41. The second kappa shape index (κ2) is 4.83. The lowest BCUT2D eigenvalue weighted by molar-refractivity contribution is 0.193. The Bertz CT molecular complexity index is 125. The lowest BCUT2D eigenvalue weighted by Gasteiger charge is -2.34. The molecular weight excluding hydrogens is 148 g/mol. The van der Waals surface area contributed by atoms with Gasteiger partial charge in [-0.25, -0.2) is 0 Å². The van der Waals surface area contributed by atoms with E-state index in [1.807, 2.05) is 0 Å².